The van der Waals surface area contributed by atoms with Crippen molar-refractivity contribution in [1.82, 2.24) is 9.97 Å². The molecule has 1 fully saturated rings. The Balaban J connectivity index is 2.32. The molecule has 2 rings (SSSR count). The van der Waals surface area contributed by atoms with Crippen LogP contribution in [0.15, 0.2) is 10.7 Å². The molecule has 1 amide bonds. The lowest BCUT2D eigenvalue weighted by atomic mass is 10.2. The number of nitrogens with two attached hydrogens (primary N) is 1. The number of rotatable bonds is 3. The monoisotopic (exact) mass is 298 g/mol. The molecule has 92 valence electrons. The molecular weight excluding hydrogens is 284 g/mol. The summed E-state index contributed by atoms with van der Waals surface area (Å²) in [6.07, 6.45) is 2.54. The van der Waals surface area contributed by atoms with Gasteiger partial charge in [-0.15, -0.1) is 0 Å². The van der Waals surface area contributed by atoms with Crippen LogP contribution in [0, 0.1) is 0 Å². The number of carbonyl (C=O) groups is 1. The molecule has 0 aromatic carbocycles. The van der Waals surface area contributed by atoms with Crippen molar-refractivity contribution >= 4 is 27.7 Å². The highest BCUT2D eigenvalue weighted by molar-refractivity contribution is 9.10. The Morgan fingerprint density at radius 3 is 3.06 bits per heavy atom. The van der Waals surface area contributed by atoms with Gasteiger partial charge in [0, 0.05) is 19.0 Å². The normalized spacial score (nSPS) is 19.6. The minimum Gasteiger partial charge on any atom is -0.368 e. The van der Waals surface area contributed by atoms with E-state index in [2.05, 4.69) is 25.9 Å². The van der Waals surface area contributed by atoms with E-state index >= 15 is 0 Å². The van der Waals surface area contributed by atoms with Crippen molar-refractivity contribution < 1.29 is 4.79 Å². The Kier molecular flexibility index (Phi) is 3.61. The number of nitrogens with zero attached hydrogens (tertiary/aromatic N) is 3. The van der Waals surface area contributed by atoms with Gasteiger partial charge in [-0.2, -0.15) is 0 Å². The summed E-state index contributed by atoms with van der Waals surface area (Å²) in [7, 11) is 0. The van der Waals surface area contributed by atoms with E-state index in [1.165, 1.54) is 0 Å². The third kappa shape index (κ3) is 2.57. The van der Waals surface area contributed by atoms with E-state index in [-0.39, 0.29) is 11.9 Å². The molecule has 1 aromatic rings. The fraction of sp³-hybridized carbons (Fsp3) is 0.545. The highest BCUT2D eigenvalue weighted by Crippen LogP contribution is 2.25. The van der Waals surface area contributed by atoms with Crippen molar-refractivity contribution in [1.29, 1.82) is 0 Å². The van der Waals surface area contributed by atoms with Crippen molar-refractivity contribution in [2.75, 3.05) is 11.4 Å². The summed E-state index contributed by atoms with van der Waals surface area (Å²) in [6, 6.07) is 1.60. The third-order valence-electron chi connectivity index (χ3n) is 2.92. The van der Waals surface area contributed by atoms with E-state index in [9.17, 15) is 4.79 Å². The van der Waals surface area contributed by atoms with Crippen molar-refractivity contribution in [3.05, 3.63) is 16.5 Å². The van der Waals surface area contributed by atoms with Gasteiger partial charge in [-0.05, 0) is 28.8 Å². The number of hydrogen-bond acceptors (Lipinski definition) is 4. The van der Waals surface area contributed by atoms with Crippen LogP contribution in [0.2, 0.25) is 0 Å². The van der Waals surface area contributed by atoms with E-state index in [1.807, 2.05) is 17.9 Å². The van der Waals surface area contributed by atoms with E-state index in [1.54, 1.807) is 0 Å². The molecule has 17 heavy (non-hydrogen) atoms. The first-order chi connectivity index (χ1) is 8.11. The largest absolute Gasteiger partial charge is 0.368 e. The standard InChI is InChI=1S/C11H15BrN4O/c1-2-9-14-8(12)6-10(15-9)16-5-3-4-7(16)11(13)17/h6-7H,2-5H2,1H3,(H2,13,17). The van der Waals surface area contributed by atoms with Crippen LogP contribution < -0.4 is 10.6 Å². The van der Waals surface area contributed by atoms with Crippen LogP contribution in [-0.4, -0.2) is 28.5 Å². The van der Waals surface area contributed by atoms with Crippen LogP contribution in [0.25, 0.3) is 0 Å². The van der Waals surface area contributed by atoms with Gasteiger partial charge in [-0.3, -0.25) is 4.79 Å². The molecule has 5 nitrogen and oxygen atoms in total. The quantitative estimate of drug-likeness (QED) is 0.853. The lowest BCUT2D eigenvalue weighted by molar-refractivity contribution is -0.119. The van der Waals surface area contributed by atoms with Gasteiger partial charge in [0.1, 0.15) is 22.3 Å². The first-order valence-electron chi connectivity index (χ1n) is 5.71. The second-order valence-corrected chi connectivity index (χ2v) is 4.88. The Bertz CT molecular complexity index is 437. The number of carbonyl (C=O) groups excluding carboxylic acids is 1. The maximum atomic E-state index is 11.4. The molecule has 0 bridgehead atoms. The van der Waals surface area contributed by atoms with Crippen LogP contribution in [0.1, 0.15) is 25.6 Å². The number of halogens is 1. The Morgan fingerprint density at radius 2 is 2.41 bits per heavy atom. The molecule has 0 aliphatic carbocycles. The molecule has 0 radical (unpaired) electrons. The summed E-state index contributed by atoms with van der Waals surface area (Å²) in [5, 5.41) is 0. The average Bonchev–Trinajstić information content (AvgIpc) is 2.77. The minimum atomic E-state index is -0.282. The van der Waals surface area contributed by atoms with Crippen molar-refractivity contribution in [2.45, 2.75) is 32.2 Å². The first kappa shape index (κ1) is 12.3. The van der Waals surface area contributed by atoms with Crippen LogP contribution in [0.3, 0.4) is 0 Å². The summed E-state index contributed by atoms with van der Waals surface area (Å²) in [5.41, 5.74) is 5.40. The molecule has 1 saturated heterocycles. The Morgan fingerprint density at radius 1 is 1.65 bits per heavy atom. The van der Waals surface area contributed by atoms with E-state index in [0.717, 1.165) is 42.1 Å². The highest BCUT2D eigenvalue weighted by atomic mass is 79.9. The molecule has 1 unspecified atom stereocenters. The summed E-state index contributed by atoms with van der Waals surface area (Å²) in [5.74, 6) is 1.27. The Hall–Kier alpha value is -1.17. The predicted molar refractivity (Wildman–Crippen MR) is 68.7 cm³/mol. The van der Waals surface area contributed by atoms with E-state index in [0.29, 0.717) is 0 Å². The zero-order valence-electron chi connectivity index (χ0n) is 9.69. The second-order valence-electron chi connectivity index (χ2n) is 4.07. The van der Waals surface area contributed by atoms with E-state index < -0.39 is 0 Å². The molecule has 1 aromatic heterocycles. The molecule has 0 saturated carbocycles. The fourth-order valence-corrected chi connectivity index (χ4v) is 2.50. The van der Waals surface area contributed by atoms with Crippen molar-refractivity contribution in [2.24, 2.45) is 5.73 Å². The van der Waals surface area contributed by atoms with Crippen LogP contribution >= 0.6 is 15.9 Å². The predicted octanol–water partition coefficient (Wildman–Crippen LogP) is 1.26. The number of primary amides is 1. The van der Waals surface area contributed by atoms with Crippen LogP contribution in [0.4, 0.5) is 5.82 Å². The molecule has 1 atom stereocenters. The zero-order chi connectivity index (χ0) is 12.4. The number of anilines is 1. The van der Waals surface area contributed by atoms with Gasteiger partial charge in [0.25, 0.3) is 0 Å². The number of amides is 1. The molecule has 1 aliphatic heterocycles. The highest BCUT2D eigenvalue weighted by Gasteiger charge is 2.30. The molecule has 2 heterocycles. The summed E-state index contributed by atoms with van der Waals surface area (Å²) >= 11 is 3.36. The van der Waals surface area contributed by atoms with Gasteiger partial charge < -0.3 is 10.6 Å². The number of hydrogen-bond donors (Lipinski definition) is 1. The van der Waals surface area contributed by atoms with Gasteiger partial charge in [-0.1, -0.05) is 6.92 Å². The molecule has 6 heteroatoms. The first-order valence-corrected chi connectivity index (χ1v) is 6.50. The zero-order valence-corrected chi connectivity index (χ0v) is 11.3. The molecule has 2 N–H and O–H groups in total. The SMILES string of the molecule is CCc1nc(Br)cc(N2CCCC2C(N)=O)n1. The van der Waals surface area contributed by atoms with Gasteiger partial charge >= 0.3 is 0 Å². The molecule has 0 spiro atoms. The van der Waals surface area contributed by atoms with Gasteiger partial charge in [-0.25, -0.2) is 9.97 Å². The van der Waals surface area contributed by atoms with Gasteiger partial charge in [0.2, 0.25) is 5.91 Å². The van der Waals surface area contributed by atoms with Gasteiger partial charge in [0.05, 0.1) is 0 Å². The van der Waals surface area contributed by atoms with Crippen LogP contribution in [-0.2, 0) is 11.2 Å². The van der Waals surface area contributed by atoms with Gasteiger partial charge in [0.15, 0.2) is 0 Å². The summed E-state index contributed by atoms with van der Waals surface area (Å²) < 4.78 is 0.745. The number of aromatic nitrogens is 2. The maximum Gasteiger partial charge on any atom is 0.240 e. The maximum absolute atomic E-state index is 11.4. The topological polar surface area (TPSA) is 72.1 Å². The van der Waals surface area contributed by atoms with Crippen molar-refractivity contribution in [3.8, 4) is 0 Å². The third-order valence-corrected chi connectivity index (χ3v) is 3.33. The minimum absolute atomic E-state index is 0.235. The average molecular weight is 299 g/mol. The summed E-state index contributed by atoms with van der Waals surface area (Å²) in [4.78, 5) is 22.0. The fourth-order valence-electron chi connectivity index (χ4n) is 2.09. The lowest BCUT2D eigenvalue weighted by Gasteiger charge is -2.23. The lowest BCUT2D eigenvalue weighted by Crippen LogP contribution is -2.40. The van der Waals surface area contributed by atoms with E-state index in [4.69, 9.17) is 5.73 Å². The van der Waals surface area contributed by atoms with Crippen LogP contribution in [0.5, 0.6) is 0 Å². The number of aryl methyl sites for hydroxylation is 1. The summed E-state index contributed by atoms with van der Waals surface area (Å²) in [6.45, 7) is 2.82. The smallest absolute Gasteiger partial charge is 0.240 e. The molecular formula is C11H15BrN4O. The van der Waals surface area contributed by atoms with Crippen molar-refractivity contribution in [3.63, 3.8) is 0 Å². The second kappa shape index (κ2) is 5.00. The Labute approximate surface area is 109 Å². The molecule has 1 aliphatic rings.